The highest BCUT2D eigenvalue weighted by molar-refractivity contribution is 6.46. The molecule has 39 heavy (non-hydrogen) atoms. The SMILES string of the molecule is CCCOc1cccc(C(O)=C2C(=O)C(=O)N(CCCN(C)C)C2c2ccc(OCc3ccccc3)cc2)c1. The summed E-state index contributed by atoms with van der Waals surface area (Å²) in [5.74, 6) is -0.236. The lowest BCUT2D eigenvalue weighted by Crippen LogP contribution is -2.32. The Morgan fingerprint density at radius 3 is 2.36 bits per heavy atom. The van der Waals surface area contributed by atoms with E-state index in [1.54, 1.807) is 29.2 Å². The van der Waals surface area contributed by atoms with E-state index in [9.17, 15) is 14.7 Å². The van der Waals surface area contributed by atoms with Gasteiger partial charge in [0.1, 0.15) is 23.9 Å². The molecule has 0 aliphatic carbocycles. The second-order valence-corrected chi connectivity index (χ2v) is 9.87. The van der Waals surface area contributed by atoms with Gasteiger partial charge < -0.3 is 24.4 Å². The summed E-state index contributed by atoms with van der Waals surface area (Å²) in [5.41, 5.74) is 2.30. The highest BCUT2D eigenvalue weighted by Gasteiger charge is 2.45. The van der Waals surface area contributed by atoms with Gasteiger partial charge in [0.15, 0.2) is 0 Å². The van der Waals surface area contributed by atoms with E-state index < -0.39 is 17.7 Å². The Morgan fingerprint density at radius 1 is 0.923 bits per heavy atom. The minimum atomic E-state index is -0.712. The number of aliphatic hydroxyl groups excluding tert-OH is 1. The van der Waals surface area contributed by atoms with Gasteiger partial charge in [0.05, 0.1) is 18.2 Å². The third kappa shape index (κ3) is 6.86. The molecule has 1 heterocycles. The number of hydrogen-bond acceptors (Lipinski definition) is 6. The molecule has 0 bridgehead atoms. The number of nitrogens with zero attached hydrogens (tertiary/aromatic N) is 2. The number of ketones is 1. The molecule has 7 nitrogen and oxygen atoms in total. The van der Waals surface area contributed by atoms with Crippen LogP contribution in [0.5, 0.6) is 11.5 Å². The number of rotatable bonds is 12. The Labute approximate surface area is 230 Å². The summed E-state index contributed by atoms with van der Waals surface area (Å²) >= 11 is 0. The third-order valence-electron chi connectivity index (χ3n) is 6.57. The summed E-state index contributed by atoms with van der Waals surface area (Å²) in [4.78, 5) is 30.1. The van der Waals surface area contributed by atoms with Crippen molar-refractivity contribution < 1.29 is 24.2 Å². The summed E-state index contributed by atoms with van der Waals surface area (Å²) in [6.07, 6.45) is 1.54. The predicted molar refractivity (Wildman–Crippen MR) is 152 cm³/mol. The minimum absolute atomic E-state index is 0.0791. The number of benzene rings is 3. The highest BCUT2D eigenvalue weighted by atomic mass is 16.5. The first-order valence-corrected chi connectivity index (χ1v) is 13.3. The van der Waals surface area contributed by atoms with Crippen molar-refractivity contribution in [2.24, 2.45) is 0 Å². The van der Waals surface area contributed by atoms with Crippen molar-refractivity contribution in [1.82, 2.24) is 9.80 Å². The lowest BCUT2D eigenvalue weighted by molar-refractivity contribution is -0.139. The Balaban J connectivity index is 1.66. The molecule has 1 unspecified atom stereocenters. The molecule has 1 amide bonds. The molecule has 1 aliphatic rings. The van der Waals surface area contributed by atoms with Gasteiger partial charge in [-0.15, -0.1) is 0 Å². The lowest BCUT2D eigenvalue weighted by atomic mass is 9.95. The molecule has 3 aromatic carbocycles. The van der Waals surface area contributed by atoms with E-state index in [0.717, 1.165) is 24.1 Å². The van der Waals surface area contributed by atoms with Crippen LogP contribution < -0.4 is 9.47 Å². The normalized spacial score (nSPS) is 16.6. The Kier molecular flexibility index (Phi) is 9.39. The summed E-state index contributed by atoms with van der Waals surface area (Å²) in [7, 11) is 3.93. The van der Waals surface area contributed by atoms with E-state index >= 15 is 0 Å². The van der Waals surface area contributed by atoms with Crippen LogP contribution in [0.1, 0.15) is 42.5 Å². The second-order valence-electron chi connectivity index (χ2n) is 9.87. The first-order chi connectivity index (χ1) is 18.9. The number of carbonyl (C=O) groups is 2. The van der Waals surface area contributed by atoms with Gasteiger partial charge in [-0.25, -0.2) is 0 Å². The molecule has 204 valence electrons. The third-order valence-corrected chi connectivity index (χ3v) is 6.57. The van der Waals surface area contributed by atoms with Gasteiger partial charge in [0, 0.05) is 12.1 Å². The van der Waals surface area contributed by atoms with Gasteiger partial charge >= 0.3 is 0 Å². The van der Waals surface area contributed by atoms with Gasteiger partial charge in [-0.05, 0) is 68.9 Å². The van der Waals surface area contributed by atoms with Crippen LogP contribution in [-0.2, 0) is 16.2 Å². The fourth-order valence-corrected chi connectivity index (χ4v) is 4.61. The fraction of sp³-hybridized carbons (Fsp3) is 0.312. The minimum Gasteiger partial charge on any atom is -0.507 e. The van der Waals surface area contributed by atoms with Crippen molar-refractivity contribution in [1.29, 1.82) is 0 Å². The summed E-state index contributed by atoms with van der Waals surface area (Å²) in [6, 6.07) is 23.5. The number of likely N-dealkylation sites (tertiary alicyclic amines) is 1. The average Bonchev–Trinajstić information content (AvgIpc) is 3.20. The number of Topliss-reactive ketones (excluding diaryl/α,β-unsaturated/α-hetero) is 1. The second kappa shape index (κ2) is 13.1. The molecule has 1 aliphatic heterocycles. The smallest absolute Gasteiger partial charge is 0.295 e. The van der Waals surface area contributed by atoms with Crippen molar-refractivity contribution in [2.75, 3.05) is 33.8 Å². The van der Waals surface area contributed by atoms with Crippen LogP contribution >= 0.6 is 0 Å². The zero-order valence-corrected chi connectivity index (χ0v) is 22.8. The highest BCUT2D eigenvalue weighted by Crippen LogP contribution is 2.40. The summed E-state index contributed by atoms with van der Waals surface area (Å²) in [6.45, 7) is 4.13. The van der Waals surface area contributed by atoms with Crippen molar-refractivity contribution >= 4 is 17.4 Å². The monoisotopic (exact) mass is 528 g/mol. The van der Waals surface area contributed by atoms with Crippen LogP contribution in [0.3, 0.4) is 0 Å². The van der Waals surface area contributed by atoms with E-state index in [4.69, 9.17) is 9.47 Å². The molecular formula is C32H36N2O5. The van der Waals surface area contributed by atoms with E-state index in [1.807, 2.05) is 80.5 Å². The van der Waals surface area contributed by atoms with Crippen LogP contribution in [0.15, 0.2) is 84.4 Å². The van der Waals surface area contributed by atoms with Gasteiger partial charge in [-0.1, -0.05) is 61.5 Å². The van der Waals surface area contributed by atoms with Crippen molar-refractivity contribution in [3.05, 3.63) is 101 Å². The van der Waals surface area contributed by atoms with Gasteiger partial charge in [-0.3, -0.25) is 9.59 Å². The van der Waals surface area contributed by atoms with E-state index in [2.05, 4.69) is 0 Å². The van der Waals surface area contributed by atoms with E-state index in [1.165, 1.54) is 0 Å². The number of amides is 1. The summed E-state index contributed by atoms with van der Waals surface area (Å²) < 4.78 is 11.6. The number of hydrogen-bond donors (Lipinski definition) is 1. The van der Waals surface area contributed by atoms with Crippen molar-refractivity contribution in [3.63, 3.8) is 0 Å². The van der Waals surface area contributed by atoms with E-state index in [0.29, 0.717) is 43.2 Å². The first-order valence-electron chi connectivity index (χ1n) is 13.3. The Morgan fingerprint density at radius 2 is 1.67 bits per heavy atom. The molecule has 0 radical (unpaired) electrons. The topological polar surface area (TPSA) is 79.3 Å². The fourth-order valence-electron chi connectivity index (χ4n) is 4.61. The number of aliphatic hydroxyl groups is 1. The van der Waals surface area contributed by atoms with Crippen molar-refractivity contribution in [3.8, 4) is 11.5 Å². The molecular weight excluding hydrogens is 492 g/mol. The molecule has 0 aromatic heterocycles. The maximum Gasteiger partial charge on any atom is 0.295 e. The zero-order chi connectivity index (χ0) is 27.8. The lowest BCUT2D eigenvalue weighted by Gasteiger charge is -2.26. The number of carbonyl (C=O) groups excluding carboxylic acids is 2. The zero-order valence-electron chi connectivity index (χ0n) is 22.8. The first kappa shape index (κ1) is 27.9. The van der Waals surface area contributed by atoms with E-state index in [-0.39, 0.29) is 11.3 Å². The molecule has 7 heteroatoms. The molecule has 0 spiro atoms. The van der Waals surface area contributed by atoms with Crippen LogP contribution in [0, 0.1) is 0 Å². The molecule has 4 rings (SSSR count). The molecule has 1 saturated heterocycles. The molecule has 1 N–H and O–H groups in total. The van der Waals surface area contributed by atoms with Crippen LogP contribution in [0.4, 0.5) is 0 Å². The van der Waals surface area contributed by atoms with Gasteiger partial charge in [-0.2, -0.15) is 0 Å². The Hall–Kier alpha value is -4.10. The van der Waals surface area contributed by atoms with Crippen molar-refractivity contribution in [2.45, 2.75) is 32.4 Å². The standard InChI is InChI=1S/C32H36N2O5/c1-4-20-38-27-13-8-12-25(21-27)30(35)28-29(34(32(37)31(28)36)19-9-18-33(2)3)24-14-16-26(17-15-24)39-22-23-10-6-5-7-11-23/h5-8,10-17,21,29,35H,4,9,18-20,22H2,1-3H3. The Bertz CT molecular complexity index is 1300. The van der Waals surface area contributed by atoms with Gasteiger partial charge in [0.2, 0.25) is 0 Å². The largest absolute Gasteiger partial charge is 0.507 e. The predicted octanol–water partition coefficient (Wildman–Crippen LogP) is 5.43. The maximum atomic E-state index is 13.3. The maximum absolute atomic E-state index is 13.3. The van der Waals surface area contributed by atoms with Crippen LogP contribution in [-0.4, -0.2) is 60.4 Å². The average molecular weight is 529 g/mol. The summed E-state index contributed by atoms with van der Waals surface area (Å²) in [5, 5.41) is 11.4. The molecule has 0 saturated carbocycles. The molecule has 1 atom stereocenters. The van der Waals surface area contributed by atoms with Gasteiger partial charge in [0.25, 0.3) is 11.7 Å². The van der Waals surface area contributed by atoms with Crippen LogP contribution in [0.2, 0.25) is 0 Å². The quantitative estimate of drug-likeness (QED) is 0.192. The van der Waals surface area contributed by atoms with Crippen LogP contribution in [0.25, 0.3) is 5.76 Å². The molecule has 3 aromatic rings. The molecule has 1 fully saturated rings. The number of ether oxygens (including phenoxy) is 2.